The normalized spacial score (nSPS) is 13.0. The lowest BCUT2D eigenvalue weighted by atomic mass is 9.96. The lowest BCUT2D eigenvalue weighted by molar-refractivity contribution is -0.133. The van der Waals surface area contributed by atoms with Crippen molar-refractivity contribution in [2.45, 2.75) is 39.4 Å². The van der Waals surface area contributed by atoms with E-state index in [0.717, 1.165) is 22.4 Å². The van der Waals surface area contributed by atoms with Crippen molar-refractivity contribution >= 4 is 11.8 Å². The smallest absolute Gasteiger partial charge is 0.263 e. The first-order valence-electron chi connectivity index (χ1n) is 10.8. The van der Waals surface area contributed by atoms with Gasteiger partial charge in [-0.15, -0.1) is 0 Å². The van der Waals surface area contributed by atoms with Gasteiger partial charge in [-0.2, -0.15) is 5.10 Å². The summed E-state index contributed by atoms with van der Waals surface area (Å²) in [5, 5.41) is 6.89. The molecule has 8 nitrogen and oxygen atoms in total. The number of aryl methyl sites for hydroxylation is 3. The third-order valence-electron chi connectivity index (χ3n) is 5.83. The number of carbonyl (C=O) groups excluding carboxylic acids is 2. The maximum absolute atomic E-state index is 13.1. The minimum atomic E-state index is -0.382. The van der Waals surface area contributed by atoms with E-state index in [4.69, 9.17) is 0 Å². The number of fused-ring (bicyclic) bond motifs is 1. The summed E-state index contributed by atoms with van der Waals surface area (Å²) in [6, 6.07) is 11.8. The Balaban J connectivity index is 1.61. The highest BCUT2D eigenvalue weighted by molar-refractivity contribution is 5.95. The number of hydrogen-bond donors (Lipinski definition) is 1. The van der Waals surface area contributed by atoms with E-state index < -0.39 is 0 Å². The molecule has 0 atom stereocenters. The zero-order valence-electron chi connectivity index (χ0n) is 18.4. The highest BCUT2D eigenvalue weighted by Gasteiger charge is 2.27. The molecule has 32 heavy (non-hydrogen) atoms. The summed E-state index contributed by atoms with van der Waals surface area (Å²) in [5.41, 5.74) is 3.46. The summed E-state index contributed by atoms with van der Waals surface area (Å²) in [4.78, 5) is 40.3. The maximum atomic E-state index is 13.1. The summed E-state index contributed by atoms with van der Waals surface area (Å²) in [5.74, 6) is -0.422. The van der Waals surface area contributed by atoms with Crippen LogP contribution in [0, 0.1) is 6.92 Å². The van der Waals surface area contributed by atoms with Gasteiger partial charge in [0.05, 0.1) is 5.69 Å². The van der Waals surface area contributed by atoms with Gasteiger partial charge in [0, 0.05) is 39.1 Å². The molecule has 1 aromatic carbocycles. The van der Waals surface area contributed by atoms with Gasteiger partial charge in [-0.05, 0) is 42.5 Å². The number of nitrogens with one attached hydrogen (secondary N) is 1. The van der Waals surface area contributed by atoms with E-state index in [2.05, 4.69) is 10.4 Å². The van der Waals surface area contributed by atoms with Crippen LogP contribution >= 0.6 is 0 Å². The van der Waals surface area contributed by atoms with E-state index in [9.17, 15) is 14.4 Å². The van der Waals surface area contributed by atoms with Gasteiger partial charge in [0.2, 0.25) is 5.91 Å². The fraction of sp³-hybridized carbons (Fsp3) is 0.333. The third kappa shape index (κ3) is 4.49. The predicted molar refractivity (Wildman–Crippen MR) is 120 cm³/mol. The molecule has 0 fully saturated rings. The summed E-state index contributed by atoms with van der Waals surface area (Å²) in [6.45, 7) is 3.33. The number of benzene rings is 1. The molecule has 3 aromatic rings. The minimum Gasteiger partial charge on any atom is -0.355 e. The van der Waals surface area contributed by atoms with Crippen molar-refractivity contribution in [1.29, 1.82) is 0 Å². The largest absolute Gasteiger partial charge is 0.355 e. The molecule has 0 unspecified atom stereocenters. The van der Waals surface area contributed by atoms with Crippen molar-refractivity contribution in [2.24, 2.45) is 0 Å². The van der Waals surface area contributed by atoms with Gasteiger partial charge in [-0.25, -0.2) is 0 Å². The van der Waals surface area contributed by atoms with Crippen molar-refractivity contribution in [3.8, 4) is 0 Å². The van der Waals surface area contributed by atoms with Gasteiger partial charge in [-0.1, -0.05) is 30.3 Å². The van der Waals surface area contributed by atoms with Crippen LogP contribution in [0.3, 0.4) is 0 Å². The molecule has 1 N–H and O–H groups in total. The molecule has 2 amide bonds. The third-order valence-corrected chi connectivity index (χ3v) is 5.83. The monoisotopic (exact) mass is 433 g/mol. The van der Waals surface area contributed by atoms with Crippen LogP contribution in [0.1, 0.15) is 32.7 Å². The topological polar surface area (TPSA) is 89.2 Å². The van der Waals surface area contributed by atoms with Gasteiger partial charge in [-0.3, -0.25) is 19.1 Å². The average Bonchev–Trinajstić information content (AvgIpc) is 3.22. The molecule has 4 rings (SSSR count). The first kappa shape index (κ1) is 21.5. The molecule has 3 heterocycles. The molecule has 0 aliphatic carbocycles. The summed E-state index contributed by atoms with van der Waals surface area (Å²) in [6.07, 6.45) is 4.74. The zero-order valence-corrected chi connectivity index (χ0v) is 18.4. The van der Waals surface area contributed by atoms with Crippen LogP contribution in [0.25, 0.3) is 0 Å². The SMILES string of the molecule is CNC(=O)c1c2c(cn(CCc3ccccc3)c1=O)CN(C(=O)Cn1ccc(C)n1)CC2. The summed E-state index contributed by atoms with van der Waals surface area (Å²) >= 11 is 0. The second-order valence-corrected chi connectivity index (χ2v) is 8.04. The zero-order chi connectivity index (χ0) is 22.7. The first-order chi connectivity index (χ1) is 15.5. The number of hydrogen-bond acceptors (Lipinski definition) is 4. The molecular formula is C24H27N5O3. The highest BCUT2D eigenvalue weighted by Crippen LogP contribution is 2.21. The van der Waals surface area contributed by atoms with Gasteiger partial charge < -0.3 is 14.8 Å². The van der Waals surface area contributed by atoms with Crippen LogP contribution in [-0.4, -0.2) is 44.7 Å². The van der Waals surface area contributed by atoms with Crippen LogP contribution < -0.4 is 10.9 Å². The Morgan fingerprint density at radius 2 is 1.94 bits per heavy atom. The van der Waals surface area contributed by atoms with Crippen LogP contribution in [0.2, 0.25) is 0 Å². The molecular weight excluding hydrogens is 406 g/mol. The molecule has 1 aliphatic rings. The van der Waals surface area contributed by atoms with Gasteiger partial charge in [0.15, 0.2) is 0 Å². The number of aromatic nitrogens is 3. The van der Waals surface area contributed by atoms with Crippen molar-refractivity contribution in [3.63, 3.8) is 0 Å². The molecule has 0 radical (unpaired) electrons. The van der Waals surface area contributed by atoms with Crippen molar-refractivity contribution < 1.29 is 9.59 Å². The van der Waals surface area contributed by atoms with Crippen LogP contribution in [-0.2, 0) is 37.3 Å². The fourth-order valence-corrected chi connectivity index (χ4v) is 4.13. The summed E-state index contributed by atoms with van der Waals surface area (Å²) in [7, 11) is 1.53. The van der Waals surface area contributed by atoms with E-state index in [1.165, 1.54) is 7.05 Å². The van der Waals surface area contributed by atoms with Crippen molar-refractivity contribution in [1.82, 2.24) is 24.6 Å². The van der Waals surface area contributed by atoms with E-state index in [0.29, 0.717) is 32.5 Å². The van der Waals surface area contributed by atoms with E-state index in [1.807, 2.05) is 49.5 Å². The Labute approximate surface area is 186 Å². The number of nitrogens with zero attached hydrogens (tertiary/aromatic N) is 4. The Morgan fingerprint density at radius 3 is 2.62 bits per heavy atom. The van der Waals surface area contributed by atoms with E-state index >= 15 is 0 Å². The fourth-order valence-electron chi connectivity index (χ4n) is 4.13. The molecule has 0 saturated carbocycles. The first-order valence-corrected chi connectivity index (χ1v) is 10.8. The molecule has 8 heteroatoms. The lowest BCUT2D eigenvalue weighted by Gasteiger charge is -2.30. The summed E-state index contributed by atoms with van der Waals surface area (Å²) < 4.78 is 3.23. The Bertz CT molecular complexity index is 1200. The highest BCUT2D eigenvalue weighted by atomic mass is 16.2. The minimum absolute atomic E-state index is 0.0396. The number of pyridine rings is 1. The predicted octanol–water partition coefficient (Wildman–Crippen LogP) is 1.54. The molecule has 1 aliphatic heterocycles. The van der Waals surface area contributed by atoms with Crippen LogP contribution in [0.5, 0.6) is 0 Å². The molecule has 2 aromatic heterocycles. The Morgan fingerprint density at radius 1 is 1.16 bits per heavy atom. The quantitative estimate of drug-likeness (QED) is 0.639. The second-order valence-electron chi connectivity index (χ2n) is 8.04. The molecule has 166 valence electrons. The van der Waals surface area contributed by atoms with E-state index in [1.54, 1.807) is 20.3 Å². The number of carbonyl (C=O) groups is 2. The van der Waals surface area contributed by atoms with Crippen LogP contribution in [0.15, 0.2) is 53.6 Å². The average molecular weight is 434 g/mol. The Kier molecular flexibility index (Phi) is 6.20. The van der Waals surface area contributed by atoms with Crippen molar-refractivity contribution in [3.05, 3.63) is 87.1 Å². The van der Waals surface area contributed by atoms with Crippen molar-refractivity contribution in [2.75, 3.05) is 13.6 Å². The van der Waals surface area contributed by atoms with Gasteiger partial charge >= 0.3 is 0 Å². The molecule has 0 saturated heterocycles. The Hall–Kier alpha value is -3.68. The maximum Gasteiger partial charge on any atom is 0.263 e. The van der Waals surface area contributed by atoms with E-state index in [-0.39, 0.29) is 29.5 Å². The molecule has 0 spiro atoms. The lowest BCUT2D eigenvalue weighted by Crippen LogP contribution is -2.42. The van der Waals surface area contributed by atoms with Gasteiger partial charge in [0.25, 0.3) is 11.5 Å². The number of amides is 2. The standard InChI is InChI=1S/C24H27N5O3/c1-17-8-13-29(26-17)16-21(30)27-12-10-20-19(14-27)15-28(24(32)22(20)23(31)25-2)11-9-18-6-4-3-5-7-18/h3-8,13,15H,9-12,14,16H2,1-2H3,(H,25,31). The van der Waals surface area contributed by atoms with Gasteiger partial charge in [0.1, 0.15) is 12.1 Å². The second kappa shape index (κ2) is 9.21. The van der Waals surface area contributed by atoms with Crippen LogP contribution in [0.4, 0.5) is 0 Å². The molecule has 0 bridgehead atoms. The number of rotatable bonds is 6.